The number of nitrogens with one attached hydrogen (secondary N) is 4. The van der Waals surface area contributed by atoms with Crippen LogP contribution in [0.15, 0.2) is 48.5 Å². The van der Waals surface area contributed by atoms with Gasteiger partial charge in [-0.25, -0.2) is 19.6 Å². The molecule has 16 nitrogen and oxygen atoms in total. The van der Waals surface area contributed by atoms with E-state index in [0.717, 1.165) is 12.8 Å². The molecule has 4 N–H and O–H groups in total. The number of hydrogen-bond acceptors (Lipinski definition) is 10. The second-order valence-corrected chi connectivity index (χ2v) is 16.3. The van der Waals surface area contributed by atoms with Gasteiger partial charge in [-0.1, -0.05) is 39.8 Å². The lowest BCUT2D eigenvalue weighted by Gasteiger charge is -2.29. The summed E-state index contributed by atoms with van der Waals surface area (Å²) in [6.07, 6.45) is -2.48. The Bertz CT molecular complexity index is 2350. The Labute approximate surface area is 349 Å². The van der Waals surface area contributed by atoms with Gasteiger partial charge in [0.1, 0.15) is 23.7 Å². The largest absolute Gasteiger partial charge is 0.586 e. The van der Waals surface area contributed by atoms with E-state index < -0.39 is 30.6 Å². The van der Waals surface area contributed by atoms with Gasteiger partial charge in [0.25, 0.3) is 0 Å². The number of nitrogens with zero attached hydrogens (tertiary/aromatic N) is 4. The van der Waals surface area contributed by atoms with Gasteiger partial charge in [0.15, 0.2) is 11.5 Å². The molecule has 4 amide bonds. The molecule has 0 spiro atoms. The third-order valence-electron chi connectivity index (χ3n) is 11.7. The maximum absolute atomic E-state index is 15.0. The molecule has 5 heterocycles. The molecule has 322 valence electrons. The first kappa shape index (κ1) is 41.3. The molecule has 2 aromatic heterocycles. The van der Waals surface area contributed by atoms with E-state index in [0.29, 0.717) is 81.9 Å². The molecule has 3 aliphatic heterocycles. The van der Waals surface area contributed by atoms with Crippen LogP contribution in [0.25, 0.3) is 44.3 Å². The summed E-state index contributed by atoms with van der Waals surface area (Å²) in [5, 5.41) is 5.31. The molecule has 0 radical (unpaired) electrons. The number of aromatic nitrogens is 4. The minimum absolute atomic E-state index is 0.133. The number of fused-ring (bicyclic) bond motifs is 3. The number of amides is 4. The molecule has 0 unspecified atom stereocenters. The molecule has 0 bridgehead atoms. The van der Waals surface area contributed by atoms with Gasteiger partial charge < -0.3 is 49.3 Å². The molecular formula is C43H48F2N8O8. The fourth-order valence-electron chi connectivity index (χ4n) is 8.57. The minimum atomic E-state index is -3.93. The number of H-pyrrole nitrogens is 2. The molecular weight excluding hydrogens is 795 g/mol. The number of likely N-dealkylation sites (tertiary alicyclic amines) is 2. The zero-order chi connectivity index (χ0) is 43.3. The molecule has 3 aliphatic rings. The molecule has 5 aromatic rings. The topological polar surface area (TPSA) is 193 Å². The summed E-state index contributed by atoms with van der Waals surface area (Å²) in [7, 11) is 2.50. The third kappa shape index (κ3) is 7.86. The summed E-state index contributed by atoms with van der Waals surface area (Å²) in [4.78, 5) is 71.3. The first-order chi connectivity index (χ1) is 29.2. The number of methoxy groups -OCH3 is 2. The number of hydrogen-bond donors (Lipinski definition) is 4. The van der Waals surface area contributed by atoms with E-state index in [1.165, 1.54) is 14.2 Å². The number of aromatic amines is 2. The van der Waals surface area contributed by atoms with Crippen LogP contribution >= 0.6 is 0 Å². The second kappa shape index (κ2) is 16.2. The first-order valence-electron chi connectivity index (χ1n) is 20.4. The summed E-state index contributed by atoms with van der Waals surface area (Å²) in [6, 6.07) is 11.8. The Kier molecular flexibility index (Phi) is 11.0. The lowest BCUT2D eigenvalue weighted by molar-refractivity contribution is -0.286. The highest BCUT2D eigenvalue weighted by Gasteiger charge is 2.46. The van der Waals surface area contributed by atoms with Crippen molar-refractivity contribution in [3.63, 3.8) is 0 Å². The number of rotatable bonds is 10. The summed E-state index contributed by atoms with van der Waals surface area (Å²) in [6.45, 7) is 8.38. The fourth-order valence-corrected chi connectivity index (χ4v) is 8.57. The van der Waals surface area contributed by atoms with Crippen molar-refractivity contribution >= 4 is 46.1 Å². The quantitative estimate of drug-likeness (QED) is 0.112. The van der Waals surface area contributed by atoms with Crippen LogP contribution in [-0.4, -0.2) is 99.4 Å². The smallest absolute Gasteiger partial charge is 0.453 e. The highest BCUT2D eigenvalue weighted by atomic mass is 19.3. The number of carbonyl (C=O) groups excluding carboxylic acids is 4. The van der Waals surface area contributed by atoms with Crippen molar-refractivity contribution in [2.24, 2.45) is 11.8 Å². The zero-order valence-corrected chi connectivity index (χ0v) is 34.6. The Morgan fingerprint density at radius 2 is 1.11 bits per heavy atom. The summed E-state index contributed by atoms with van der Waals surface area (Å²) < 4.78 is 49.8. The van der Waals surface area contributed by atoms with Crippen molar-refractivity contribution in [3.05, 3.63) is 60.2 Å². The van der Waals surface area contributed by atoms with Gasteiger partial charge >= 0.3 is 18.5 Å². The van der Waals surface area contributed by atoms with Gasteiger partial charge in [-0.05, 0) is 85.0 Å². The number of benzene rings is 3. The molecule has 4 atom stereocenters. The van der Waals surface area contributed by atoms with Crippen LogP contribution in [0.5, 0.6) is 11.5 Å². The van der Waals surface area contributed by atoms with E-state index in [4.69, 9.17) is 28.9 Å². The Morgan fingerprint density at radius 1 is 0.705 bits per heavy atom. The third-order valence-corrected chi connectivity index (χ3v) is 11.7. The molecule has 2 saturated heterocycles. The van der Waals surface area contributed by atoms with Crippen LogP contribution in [0, 0.1) is 11.8 Å². The number of ether oxygens (including phenoxy) is 4. The molecule has 18 heteroatoms. The van der Waals surface area contributed by atoms with Crippen LogP contribution in [0.3, 0.4) is 0 Å². The minimum Gasteiger partial charge on any atom is -0.453 e. The van der Waals surface area contributed by atoms with Gasteiger partial charge in [-0.2, -0.15) is 0 Å². The maximum atomic E-state index is 15.0. The van der Waals surface area contributed by atoms with Gasteiger partial charge in [-0.15, -0.1) is 8.78 Å². The summed E-state index contributed by atoms with van der Waals surface area (Å²) in [5.74, 6) is 0.0417. The van der Waals surface area contributed by atoms with E-state index in [2.05, 4.69) is 20.6 Å². The van der Waals surface area contributed by atoms with Crippen molar-refractivity contribution in [2.75, 3.05) is 27.3 Å². The van der Waals surface area contributed by atoms with Crippen LogP contribution in [-0.2, 0) is 19.1 Å². The lowest BCUT2D eigenvalue weighted by atomic mass is 9.97. The lowest BCUT2D eigenvalue weighted by Crippen LogP contribution is -2.51. The van der Waals surface area contributed by atoms with E-state index >= 15 is 0 Å². The predicted molar refractivity (Wildman–Crippen MR) is 219 cm³/mol. The van der Waals surface area contributed by atoms with Gasteiger partial charge in [0, 0.05) is 24.2 Å². The Hall–Kier alpha value is -6.46. The number of halogens is 2. The summed E-state index contributed by atoms with van der Waals surface area (Å²) >= 11 is 0. The Morgan fingerprint density at radius 3 is 1.49 bits per heavy atom. The monoisotopic (exact) mass is 842 g/mol. The molecule has 0 aliphatic carbocycles. The van der Waals surface area contributed by atoms with Crippen LogP contribution in [0.1, 0.15) is 77.1 Å². The van der Waals surface area contributed by atoms with E-state index in [1.807, 2.05) is 27.7 Å². The molecule has 61 heavy (non-hydrogen) atoms. The number of carbonyl (C=O) groups is 4. The predicted octanol–water partition coefficient (Wildman–Crippen LogP) is 7.18. The van der Waals surface area contributed by atoms with Gasteiger partial charge in [0.05, 0.1) is 48.4 Å². The highest BCUT2D eigenvalue weighted by molar-refractivity contribution is 5.91. The number of imidazole rings is 2. The molecule has 0 saturated carbocycles. The van der Waals surface area contributed by atoms with Crippen molar-refractivity contribution in [1.82, 2.24) is 40.4 Å². The van der Waals surface area contributed by atoms with Gasteiger partial charge in [-0.3, -0.25) is 9.59 Å². The fraction of sp³-hybridized carbons (Fsp3) is 0.442. The number of alkyl halides is 2. The van der Waals surface area contributed by atoms with Crippen molar-refractivity contribution in [3.8, 4) is 33.8 Å². The summed E-state index contributed by atoms with van der Waals surface area (Å²) in [5.41, 5.74) is 4.35. The molecule has 2 fully saturated rings. The average molecular weight is 843 g/mol. The van der Waals surface area contributed by atoms with Crippen LogP contribution in [0.2, 0.25) is 0 Å². The second-order valence-electron chi connectivity index (χ2n) is 16.3. The van der Waals surface area contributed by atoms with Crippen LogP contribution < -0.4 is 20.1 Å². The van der Waals surface area contributed by atoms with Crippen molar-refractivity contribution in [1.29, 1.82) is 0 Å². The van der Waals surface area contributed by atoms with E-state index in [-0.39, 0.29) is 47.2 Å². The van der Waals surface area contributed by atoms with Crippen molar-refractivity contribution < 1.29 is 46.9 Å². The molecule has 3 aromatic carbocycles. The highest BCUT2D eigenvalue weighted by Crippen LogP contribution is 2.52. The maximum Gasteiger partial charge on any atom is 0.586 e. The van der Waals surface area contributed by atoms with Gasteiger partial charge in [0.2, 0.25) is 11.8 Å². The SMILES string of the molecule is COC(=O)N[C@H](C(=O)N1CCC[C@H]1c1nc2cc(-c3ccc(-c4ccc5[nH]c([C@@H]6CCCN6C(=O)[C@@H](NC(=O)OC)C(C)C)nc5c4)c4c3OC(F)(F)O4)ccc2[nH]1)C(C)C. The normalized spacial score (nSPS) is 19.2. The van der Waals surface area contributed by atoms with Crippen molar-refractivity contribution in [2.45, 2.75) is 83.8 Å². The molecule has 8 rings (SSSR count). The van der Waals surface area contributed by atoms with E-state index in [1.54, 1.807) is 58.3 Å². The zero-order valence-electron chi connectivity index (χ0n) is 34.6. The first-order valence-corrected chi connectivity index (χ1v) is 20.4. The van der Waals surface area contributed by atoms with Crippen LogP contribution in [0.4, 0.5) is 18.4 Å². The number of alkyl carbamates (subject to hydrolysis) is 2. The van der Waals surface area contributed by atoms with E-state index in [9.17, 15) is 28.0 Å². The Balaban J connectivity index is 1.07. The average Bonchev–Trinajstić information content (AvgIpc) is 4.08. The standard InChI is InChI=1S/C43H48F2N8O8/c1-21(2)33(50-41(56)58-5)39(54)52-17-7-9-31(52)37-46-27-15-11-23(19-29(27)48-37)25-13-14-26(36-35(25)60-43(44,45)61-36)24-12-16-28-30(20-24)49-38(47-28)32-10-8-18-53(32)40(55)34(22(3)4)51-42(57)59-6/h11-16,19-22,31-34H,7-10,17-18H2,1-6H3,(H,46,48)(H,47,49)(H,50,56)(H,51,57)/t31-,32-,33-,34-/m0/s1.